The molecule has 1 heterocycles. The summed E-state index contributed by atoms with van der Waals surface area (Å²) in [5, 5.41) is 5.56. The van der Waals surface area contributed by atoms with Crippen LogP contribution in [0.15, 0.2) is 11.4 Å². The molecule has 0 saturated carbocycles. The number of aryl methyl sites for hydroxylation is 1. The molecule has 0 aliphatic heterocycles. The molecule has 0 aromatic carbocycles. The van der Waals surface area contributed by atoms with E-state index in [0.717, 1.165) is 6.42 Å². The largest absolute Gasteiger partial charge is 0.296 e. The van der Waals surface area contributed by atoms with E-state index < -0.39 is 0 Å². The number of nitrogens with one attached hydrogen (secondary N) is 1. The van der Waals surface area contributed by atoms with Crippen molar-refractivity contribution in [2.75, 3.05) is 0 Å². The van der Waals surface area contributed by atoms with Gasteiger partial charge in [0, 0.05) is 10.9 Å². The van der Waals surface area contributed by atoms with Gasteiger partial charge in [-0.2, -0.15) is 0 Å². The molecule has 76 valence electrons. The second-order valence-electron chi connectivity index (χ2n) is 3.48. The van der Waals surface area contributed by atoms with Gasteiger partial charge in [0.05, 0.1) is 6.04 Å². The molecule has 0 saturated heterocycles. The zero-order valence-corrected chi connectivity index (χ0v) is 9.82. The van der Waals surface area contributed by atoms with E-state index in [1.54, 1.807) is 11.3 Å². The topological polar surface area (TPSA) is 12.0 Å². The van der Waals surface area contributed by atoms with Gasteiger partial charge < -0.3 is 0 Å². The minimum absolute atomic E-state index is 0.187. The van der Waals surface area contributed by atoms with Gasteiger partial charge in [-0.05, 0) is 37.3 Å². The van der Waals surface area contributed by atoms with Gasteiger partial charge in [-0.15, -0.1) is 17.8 Å². The Morgan fingerprint density at radius 1 is 1.64 bits per heavy atom. The minimum atomic E-state index is 0.187. The van der Waals surface area contributed by atoms with E-state index in [4.69, 9.17) is 6.42 Å². The Kier molecular flexibility index (Phi) is 4.19. The molecule has 2 heteroatoms. The monoisotopic (exact) mass is 207 g/mol. The maximum absolute atomic E-state index is 5.41. The first-order chi connectivity index (χ1) is 6.69. The molecule has 0 aliphatic carbocycles. The summed E-state index contributed by atoms with van der Waals surface area (Å²) in [4.78, 5) is 1.39. The van der Waals surface area contributed by atoms with Crippen LogP contribution in [-0.2, 0) is 0 Å². The van der Waals surface area contributed by atoms with E-state index in [9.17, 15) is 0 Å². The molecule has 1 N–H and O–H groups in total. The fraction of sp³-hybridized carbons (Fsp3) is 0.500. The van der Waals surface area contributed by atoms with Crippen molar-refractivity contribution in [1.82, 2.24) is 5.32 Å². The zero-order chi connectivity index (χ0) is 10.6. The lowest BCUT2D eigenvalue weighted by Crippen LogP contribution is -2.29. The Morgan fingerprint density at radius 2 is 2.36 bits per heavy atom. The van der Waals surface area contributed by atoms with Crippen molar-refractivity contribution < 1.29 is 0 Å². The number of thiophene rings is 1. The lowest BCUT2D eigenvalue weighted by Gasteiger charge is -2.17. The van der Waals surface area contributed by atoms with Crippen LogP contribution in [0.5, 0.6) is 0 Å². The number of hydrogen-bond donors (Lipinski definition) is 1. The molecule has 2 unspecified atom stereocenters. The molecular weight excluding hydrogens is 190 g/mol. The lowest BCUT2D eigenvalue weighted by atomic mass is 10.1. The number of terminal acetylenes is 1. The molecule has 1 aromatic heterocycles. The van der Waals surface area contributed by atoms with E-state index in [-0.39, 0.29) is 6.04 Å². The molecule has 0 aliphatic rings. The van der Waals surface area contributed by atoms with Crippen molar-refractivity contribution in [2.45, 2.75) is 39.3 Å². The molecule has 1 nitrogen and oxygen atoms in total. The van der Waals surface area contributed by atoms with E-state index in [1.165, 1.54) is 10.4 Å². The summed E-state index contributed by atoms with van der Waals surface area (Å²) in [6.45, 7) is 6.41. The van der Waals surface area contributed by atoms with Crippen LogP contribution in [-0.4, -0.2) is 6.04 Å². The Labute approximate surface area is 90.5 Å². The summed E-state index contributed by atoms with van der Waals surface area (Å²) in [7, 11) is 0. The second kappa shape index (κ2) is 5.19. The van der Waals surface area contributed by atoms with Crippen LogP contribution < -0.4 is 5.32 Å². The van der Waals surface area contributed by atoms with E-state index in [0.29, 0.717) is 6.04 Å². The quantitative estimate of drug-likeness (QED) is 0.748. The predicted octanol–water partition coefficient (Wildman–Crippen LogP) is 3.12. The summed E-state index contributed by atoms with van der Waals surface area (Å²) in [6.07, 6.45) is 6.39. The van der Waals surface area contributed by atoms with Gasteiger partial charge in [0.2, 0.25) is 0 Å². The van der Waals surface area contributed by atoms with Crippen molar-refractivity contribution >= 4 is 11.3 Å². The van der Waals surface area contributed by atoms with Crippen molar-refractivity contribution in [2.24, 2.45) is 0 Å². The summed E-state index contributed by atoms with van der Waals surface area (Å²) in [6, 6.07) is 2.69. The average molecular weight is 207 g/mol. The molecule has 0 bridgehead atoms. The molecular formula is C12H17NS. The first kappa shape index (κ1) is 11.3. The third-order valence-electron chi connectivity index (χ3n) is 2.36. The van der Waals surface area contributed by atoms with Gasteiger partial charge in [0.1, 0.15) is 0 Å². The smallest absolute Gasteiger partial charge is 0.0689 e. The summed E-state index contributed by atoms with van der Waals surface area (Å²) in [5.74, 6) is 2.76. The molecule has 1 rings (SSSR count). The summed E-state index contributed by atoms with van der Waals surface area (Å²) >= 11 is 1.79. The van der Waals surface area contributed by atoms with Crippen LogP contribution in [0.4, 0.5) is 0 Å². The van der Waals surface area contributed by atoms with Crippen LogP contribution >= 0.6 is 11.3 Å². The SMILES string of the molecule is C#CC(CC)NC(C)c1sccc1C. The van der Waals surface area contributed by atoms with Gasteiger partial charge >= 0.3 is 0 Å². The Balaban J connectivity index is 2.63. The first-order valence-corrected chi connectivity index (χ1v) is 5.83. The molecule has 0 radical (unpaired) electrons. The van der Waals surface area contributed by atoms with E-state index >= 15 is 0 Å². The van der Waals surface area contributed by atoms with Crippen LogP contribution in [0.2, 0.25) is 0 Å². The zero-order valence-electron chi connectivity index (χ0n) is 9.00. The van der Waals surface area contributed by atoms with Gasteiger partial charge in [0.25, 0.3) is 0 Å². The highest BCUT2D eigenvalue weighted by Crippen LogP contribution is 2.23. The molecule has 1 aromatic rings. The van der Waals surface area contributed by atoms with Crippen molar-refractivity contribution in [1.29, 1.82) is 0 Å². The highest BCUT2D eigenvalue weighted by atomic mass is 32.1. The molecule has 0 spiro atoms. The third kappa shape index (κ3) is 2.60. The van der Waals surface area contributed by atoms with Gasteiger partial charge in [-0.25, -0.2) is 0 Å². The van der Waals surface area contributed by atoms with Crippen LogP contribution in [0.1, 0.15) is 36.8 Å². The lowest BCUT2D eigenvalue weighted by molar-refractivity contribution is 0.516. The van der Waals surface area contributed by atoms with Crippen LogP contribution in [0.3, 0.4) is 0 Å². The Morgan fingerprint density at radius 3 is 2.79 bits per heavy atom. The predicted molar refractivity (Wildman–Crippen MR) is 63.5 cm³/mol. The Hall–Kier alpha value is -0.780. The molecule has 0 amide bonds. The van der Waals surface area contributed by atoms with E-state index in [1.807, 2.05) is 0 Å². The molecule has 2 atom stereocenters. The van der Waals surface area contributed by atoms with Crippen molar-refractivity contribution in [3.8, 4) is 12.3 Å². The third-order valence-corrected chi connectivity index (χ3v) is 3.56. The van der Waals surface area contributed by atoms with Crippen LogP contribution in [0, 0.1) is 19.3 Å². The Bertz CT molecular complexity index is 321. The van der Waals surface area contributed by atoms with Gasteiger partial charge in [-0.1, -0.05) is 12.8 Å². The first-order valence-electron chi connectivity index (χ1n) is 4.95. The molecule has 14 heavy (non-hydrogen) atoms. The van der Waals surface area contributed by atoms with Gasteiger partial charge in [-0.3, -0.25) is 5.32 Å². The fourth-order valence-corrected chi connectivity index (χ4v) is 2.43. The van der Waals surface area contributed by atoms with Crippen molar-refractivity contribution in [3.63, 3.8) is 0 Å². The molecule has 0 fully saturated rings. The number of rotatable bonds is 4. The normalized spacial score (nSPS) is 14.7. The summed E-state index contributed by atoms with van der Waals surface area (Å²) < 4.78 is 0. The highest BCUT2D eigenvalue weighted by Gasteiger charge is 2.12. The standard InChI is InChI=1S/C12H17NS/c1-5-11(6-2)13-10(4)12-9(3)7-8-14-12/h1,7-8,10-11,13H,6H2,2-4H3. The maximum Gasteiger partial charge on any atom is 0.0689 e. The van der Waals surface area contributed by atoms with E-state index in [2.05, 4.69) is 43.5 Å². The fourth-order valence-electron chi connectivity index (χ4n) is 1.49. The second-order valence-corrected chi connectivity index (χ2v) is 4.43. The van der Waals surface area contributed by atoms with Crippen LogP contribution in [0.25, 0.3) is 0 Å². The summed E-state index contributed by atoms with van der Waals surface area (Å²) in [5.41, 5.74) is 1.35. The van der Waals surface area contributed by atoms with Gasteiger partial charge in [0.15, 0.2) is 0 Å². The highest BCUT2D eigenvalue weighted by molar-refractivity contribution is 7.10. The maximum atomic E-state index is 5.41. The number of hydrogen-bond acceptors (Lipinski definition) is 2. The minimum Gasteiger partial charge on any atom is -0.296 e. The van der Waals surface area contributed by atoms with Crippen molar-refractivity contribution in [3.05, 3.63) is 21.9 Å². The average Bonchev–Trinajstić information content (AvgIpc) is 2.60.